The van der Waals surface area contributed by atoms with Crippen molar-refractivity contribution in [3.63, 3.8) is 0 Å². The van der Waals surface area contributed by atoms with E-state index in [1.807, 2.05) is 0 Å². The summed E-state index contributed by atoms with van der Waals surface area (Å²) in [6.45, 7) is 9.06. The van der Waals surface area contributed by atoms with Crippen molar-refractivity contribution in [2.24, 2.45) is 10.7 Å². The first-order valence-corrected chi connectivity index (χ1v) is 7.88. The Balaban J connectivity index is 0.00000242. The second-order valence-corrected chi connectivity index (χ2v) is 5.72. The Bertz CT molecular complexity index is 326. The van der Waals surface area contributed by atoms with Crippen molar-refractivity contribution < 1.29 is 9.47 Å². The number of halogens is 1. The molecular formula is C14H30IN5O2. The van der Waals surface area contributed by atoms with Crippen LogP contribution in [0, 0.1) is 0 Å². The molecular weight excluding hydrogens is 397 g/mol. The van der Waals surface area contributed by atoms with Crippen molar-refractivity contribution in [1.29, 1.82) is 0 Å². The Labute approximate surface area is 150 Å². The molecule has 2 rings (SSSR count). The molecule has 7 nitrogen and oxygen atoms in total. The molecule has 0 aromatic rings. The van der Waals surface area contributed by atoms with Gasteiger partial charge < -0.3 is 25.4 Å². The highest BCUT2D eigenvalue weighted by molar-refractivity contribution is 14.0. The molecule has 0 aromatic carbocycles. The molecule has 0 spiro atoms. The van der Waals surface area contributed by atoms with Gasteiger partial charge in [-0.05, 0) is 20.0 Å². The number of hydrogen-bond acceptors (Lipinski definition) is 5. The second-order valence-electron chi connectivity index (χ2n) is 5.72. The number of nitrogens with two attached hydrogens (primary N) is 1. The van der Waals surface area contributed by atoms with Crippen LogP contribution in [0.5, 0.6) is 0 Å². The highest BCUT2D eigenvalue weighted by Gasteiger charge is 2.17. The first-order valence-electron chi connectivity index (χ1n) is 7.88. The molecule has 130 valence electrons. The maximum Gasteiger partial charge on any atom is 0.188 e. The van der Waals surface area contributed by atoms with Crippen LogP contribution in [0.25, 0.3) is 0 Å². The summed E-state index contributed by atoms with van der Waals surface area (Å²) in [4.78, 5) is 9.05. The first-order chi connectivity index (χ1) is 10.2. The van der Waals surface area contributed by atoms with E-state index in [9.17, 15) is 0 Å². The lowest BCUT2D eigenvalue weighted by atomic mass is 10.3. The fraction of sp³-hybridized carbons (Fsp3) is 0.929. The van der Waals surface area contributed by atoms with E-state index < -0.39 is 0 Å². The summed E-state index contributed by atoms with van der Waals surface area (Å²) in [5, 5.41) is 3.17. The number of nitrogens with one attached hydrogen (secondary N) is 1. The second kappa shape index (κ2) is 11.4. The van der Waals surface area contributed by atoms with Crippen LogP contribution in [0.4, 0.5) is 0 Å². The summed E-state index contributed by atoms with van der Waals surface area (Å²) in [6, 6.07) is 0. The molecule has 2 saturated heterocycles. The summed E-state index contributed by atoms with van der Waals surface area (Å²) in [5.41, 5.74) is 5.88. The van der Waals surface area contributed by atoms with Gasteiger partial charge >= 0.3 is 0 Å². The zero-order valence-corrected chi connectivity index (χ0v) is 15.8. The standard InChI is InChI=1S/C14H29N5O2.HI/c1-18-5-10-21-13(12-18)11-17-14(15)16-3-2-4-19-6-8-20-9-7-19;/h13H,2-12H2,1H3,(H3,15,16,17);1H. The van der Waals surface area contributed by atoms with Crippen molar-refractivity contribution >= 4 is 29.9 Å². The van der Waals surface area contributed by atoms with Gasteiger partial charge in [0.15, 0.2) is 5.96 Å². The molecule has 2 aliphatic heterocycles. The van der Waals surface area contributed by atoms with Crippen LogP contribution in [-0.4, -0.2) is 94.5 Å². The average molecular weight is 427 g/mol. The van der Waals surface area contributed by atoms with Gasteiger partial charge in [-0.25, -0.2) is 0 Å². The smallest absolute Gasteiger partial charge is 0.188 e. The van der Waals surface area contributed by atoms with Gasteiger partial charge in [0.2, 0.25) is 0 Å². The predicted octanol–water partition coefficient (Wildman–Crippen LogP) is -0.438. The van der Waals surface area contributed by atoms with Crippen molar-refractivity contribution in [3.05, 3.63) is 0 Å². The van der Waals surface area contributed by atoms with Crippen LogP contribution in [0.2, 0.25) is 0 Å². The van der Waals surface area contributed by atoms with Crippen LogP contribution in [-0.2, 0) is 9.47 Å². The van der Waals surface area contributed by atoms with Gasteiger partial charge in [-0.2, -0.15) is 0 Å². The van der Waals surface area contributed by atoms with Crippen molar-refractivity contribution in [2.45, 2.75) is 12.5 Å². The Hall–Kier alpha value is -0.160. The Morgan fingerprint density at radius 1 is 1.27 bits per heavy atom. The molecule has 8 heteroatoms. The SMILES string of the molecule is CN1CCOC(CN=C(N)NCCCN2CCOCC2)C1.I. The molecule has 3 N–H and O–H groups in total. The van der Waals surface area contributed by atoms with Crippen molar-refractivity contribution in [2.75, 3.05) is 72.7 Å². The topological polar surface area (TPSA) is 75.3 Å². The van der Waals surface area contributed by atoms with Gasteiger partial charge in [0.25, 0.3) is 0 Å². The van der Waals surface area contributed by atoms with Gasteiger partial charge in [0, 0.05) is 32.7 Å². The fourth-order valence-corrected chi connectivity index (χ4v) is 2.58. The van der Waals surface area contributed by atoms with Gasteiger partial charge in [0.05, 0.1) is 32.5 Å². The molecule has 22 heavy (non-hydrogen) atoms. The fourth-order valence-electron chi connectivity index (χ4n) is 2.58. The average Bonchev–Trinajstić information content (AvgIpc) is 2.51. The normalized spacial score (nSPS) is 24.8. The van der Waals surface area contributed by atoms with Crippen LogP contribution in [0.1, 0.15) is 6.42 Å². The van der Waals surface area contributed by atoms with E-state index >= 15 is 0 Å². The molecule has 0 aromatic heterocycles. The zero-order chi connectivity index (χ0) is 14.9. The van der Waals surface area contributed by atoms with E-state index in [4.69, 9.17) is 15.2 Å². The largest absolute Gasteiger partial charge is 0.379 e. The maximum absolute atomic E-state index is 5.88. The number of nitrogens with zero attached hydrogens (tertiary/aromatic N) is 3. The molecule has 1 atom stereocenters. The molecule has 0 radical (unpaired) electrons. The molecule has 2 aliphatic rings. The lowest BCUT2D eigenvalue weighted by Gasteiger charge is -2.29. The number of morpholine rings is 2. The Kier molecular flexibility index (Phi) is 10.3. The van der Waals surface area contributed by atoms with E-state index in [-0.39, 0.29) is 30.1 Å². The lowest BCUT2D eigenvalue weighted by molar-refractivity contribution is -0.0136. The van der Waals surface area contributed by atoms with E-state index in [2.05, 4.69) is 27.2 Å². The van der Waals surface area contributed by atoms with E-state index in [0.29, 0.717) is 12.5 Å². The van der Waals surface area contributed by atoms with E-state index in [1.54, 1.807) is 0 Å². The minimum Gasteiger partial charge on any atom is -0.379 e. The molecule has 1 unspecified atom stereocenters. The van der Waals surface area contributed by atoms with Crippen molar-refractivity contribution in [1.82, 2.24) is 15.1 Å². The van der Waals surface area contributed by atoms with Crippen molar-refractivity contribution in [3.8, 4) is 0 Å². The maximum atomic E-state index is 5.88. The summed E-state index contributed by atoms with van der Waals surface area (Å²) >= 11 is 0. The quantitative estimate of drug-likeness (QED) is 0.259. The molecule has 2 fully saturated rings. The minimum absolute atomic E-state index is 0. The Morgan fingerprint density at radius 2 is 2.05 bits per heavy atom. The van der Waals surface area contributed by atoms with Crippen LogP contribution in [0.3, 0.4) is 0 Å². The summed E-state index contributed by atoms with van der Waals surface area (Å²) in [7, 11) is 2.10. The number of aliphatic imine (C=N–C) groups is 1. The Morgan fingerprint density at radius 3 is 2.77 bits per heavy atom. The van der Waals surface area contributed by atoms with E-state index in [1.165, 1.54) is 0 Å². The van der Waals surface area contributed by atoms with Crippen LogP contribution in [0.15, 0.2) is 4.99 Å². The summed E-state index contributed by atoms with van der Waals surface area (Å²) in [6.07, 6.45) is 1.23. The minimum atomic E-state index is 0. The third-order valence-electron chi connectivity index (χ3n) is 3.87. The number of guanidine groups is 1. The molecule has 0 aliphatic carbocycles. The van der Waals surface area contributed by atoms with Gasteiger partial charge in [0.1, 0.15) is 0 Å². The summed E-state index contributed by atoms with van der Waals surface area (Å²) < 4.78 is 11.0. The van der Waals surface area contributed by atoms with Gasteiger partial charge in [-0.3, -0.25) is 9.89 Å². The molecule has 0 bridgehead atoms. The monoisotopic (exact) mass is 427 g/mol. The molecule has 0 saturated carbocycles. The summed E-state index contributed by atoms with van der Waals surface area (Å²) in [5.74, 6) is 0.522. The third kappa shape index (κ3) is 7.91. The number of hydrogen-bond donors (Lipinski definition) is 2. The number of rotatable bonds is 6. The molecule has 0 amide bonds. The van der Waals surface area contributed by atoms with Crippen LogP contribution >= 0.6 is 24.0 Å². The number of likely N-dealkylation sites (N-methyl/N-ethyl adjacent to an activating group) is 1. The number of ether oxygens (including phenoxy) is 2. The zero-order valence-electron chi connectivity index (χ0n) is 13.5. The predicted molar refractivity (Wildman–Crippen MR) is 99.0 cm³/mol. The van der Waals surface area contributed by atoms with Crippen LogP contribution < -0.4 is 11.1 Å². The first kappa shape index (κ1) is 19.9. The molecule has 2 heterocycles. The van der Waals surface area contributed by atoms with Gasteiger partial charge in [-0.1, -0.05) is 0 Å². The van der Waals surface area contributed by atoms with Gasteiger partial charge in [-0.15, -0.1) is 24.0 Å². The lowest BCUT2D eigenvalue weighted by Crippen LogP contribution is -2.42. The highest BCUT2D eigenvalue weighted by atomic mass is 127. The third-order valence-corrected chi connectivity index (χ3v) is 3.87. The van der Waals surface area contributed by atoms with E-state index in [0.717, 1.165) is 65.5 Å². The highest BCUT2D eigenvalue weighted by Crippen LogP contribution is 2.02.